The molecule has 0 spiro atoms. The van der Waals surface area contributed by atoms with Crippen LogP contribution in [0.5, 0.6) is 0 Å². The molecule has 15 heavy (non-hydrogen) atoms. The smallest absolute Gasteiger partial charge is 0.161 e. The standard InChI is InChI=1S/C12H13N3/c1-2-9-3-5-10(6-4-9)12-14-8-7-11(13)15-12/h3-8H,2H2,1H3,(H2,13,14,15). The lowest BCUT2D eigenvalue weighted by Gasteiger charge is -2.01. The van der Waals surface area contributed by atoms with Gasteiger partial charge in [0.15, 0.2) is 5.82 Å². The van der Waals surface area contributed by atoms with Crippen LogP contribution in [0.2, 0.25) is 0 Å². The van der Waals surface area contributed by atoms with Crippen LogP contribution >= 0.6 is 0 Å². The monoisotopic (exact) mass is 199 g/mol. The molecule has 0 saturated carbocycles. The van der Waals surface area contributed by atoms with Gasteiger partial charge >= 0.3 is 0 Å². The molecule has 2 N–H and O–H groups in total. The zero-order valence-corrected chi connectivity index (χ0v) is 8.64. The molecule has 0 atom stereocenters. The third-order valence-electron chi connectivity index (χ3n) is 2.30. The molecule has 0 amide bonds. The van der Waals surface area contributed by atoms with Gasteiger partial charge in [-0.2, -0.15) is 0 Å². The average Bonchev–Trinajstić information content (AvgIpc) is 2.29. The minimum Gasteiger partial charge on any atom is -0.384 e. The molecule has 0 bridgehead atoms. The molecule has 0 aliphatic rings. The van der Waals surface area contributed by atoms with E-state index in [0.717, 1.165) is 12.0 Å². The Hall–Kier alpha value is -1.90. The first kappa shape index (κ1) is 9.65. The van der Waals surface area contributed by atoms with Crippen molar-refractivity contribution < 1.29 is 0 Å². The molecule has 0 fully saturated rings. The van der Waals surface area contributed by atoms with Gasteiger partial charge in [0.05, 0.1) is 0 Å². The summed E-state index contributed by atoms with van der Waals surface area (Å²) < 4.78 is 0. The zero-order chi connectivity index (χ0) is 10.7. The summed E-state index contributed by atoms with van der Waals surface area (Å²) in [5, 5.41) is 0. The predicted octanol–water partition coefficient (Wildman–Crippen LogP) is 2.29. The maximum Gasteiger partial charge on any atom is 0.161 e. The Balaban J connectivity index is 2.37. The molecule has 0 unspecified atom stereocenters. The lowest BCUT2D eigenvalue weighted by atomic mass is 10.1. The van der Waals surface area contributed by atoms with Crippen LogP contribution in [0.25, 0.3) is 11.4 Å². The van der Waals surface area contributed by atoms with Crippen molar-refractivity contribution in [1.29, 1.82) is 0 Å². The third kappa shape index (κ3) is 2.13. The molecule has 2 aromatic rings. The Kier molecular flexibility index (Phi) is 2.63. The van der Waals surface area contributed by atoms with E-state index in [1.54, 1.807) is 12.3 Å². The zero-order valence-electron chi connectivity index (χ0n) is 8.64. The topological polar surface area (TPSA) is 51.8 Å². The summed E-state index contributed by atoms with van der Waals surface area (Å²) in [5.74, 6) is 1.18. The fourth-order valence-corrected chi connectivity index (χ4v) is 1.40. The SMILES string of the molecule is CCc1ccc(-c2nccc(N)n2)cc1. The van der Waals surface area contributed by atoms with Gasteiger partial charge in [-0.3, -0.25) is 0 Å². The predicted molar refractivity (Wildman–Crippen MR) is 61.3 cm³/mol. The molecular weight excluding hydrogens is 186 g/mol. The fourth-order valence-electron chi connectivity index (χ4n) is 1.40. The summed E-state index contributed by atoms with van der Waals surface area (Å²) in [5.41, 5.74) is 7.91. The molecule has 1 aromatic heterocycles. The average molecular weight is 199 g/mol. The van der Waals surface area contributed by atoms with Crippen LogP contribution in [0.1, 0.15) is 12.5 Å². The lowest BCUT2D eigenvalue weighted by molar-refractivity contribution is 1.13. The summed E-state index contributed by atoms with van der Waals surface area (Å²) in [6, 6.07) is 9.90. The minimum absolute atomic E-state index is 0.500. The van der Waals surface area contributed by atoms with Crippen LogP contribution < -0.4 is 5.73 Å². The summed E-state index contributed by atoms with van der Waals surface area (Å²) in [6.07, 6.45) is 2.71. The first-order valence-electron chi connectivity index (χ1n) is 4.97. The molecule has 0 aliphatic heterocycles. The number of benzene rings is 1. The largest absolute Gasteiger partial charge is 0.384 e. The van der Waals surface area contributed by atoms with E-state index in [4.69, 9.17) is 5.73 Å². The van der Waals surface area contributed by atoms with Crippen LogP contribution in [-0.4, -0.2) is 9.97 Å². The Morgan fingerprint density at radius 2 is 1.87 bits per heavy atom. The lowest BCUT2D eigenvalue weighted by Crippen LogP contribution is -1.94. The van der Waals surface area contributed by atoms with Crippen molar-refractivity contribution in [3.8, 4) is 11.4 Å². The van der Waals surface area contributed by atoms with E-state index in [2.05, 4.69) is 29.0 Å². The number of rotatable bonds is 2. The summed E-state index contributed by atoms with van der Waals surface area (Å²) in [4.78, 5) is 8.34. The van der Waals surface area contributed by atoms with Gasteiger partial charge in [-0.05, 0) is 18.1 Å². The first-order chi connectivity index (χ1) is 7.29. The maximum absolute atomic E-state index is 5.60. The number of nitrogen functional groups attached to an aromatic ring is 1. The van der Waals surface area contributed by atoms with E-state index < -0.39 is 0 Å². The maximum atomic E-state index is 5.60. The second kappa shape index (κ2) is 4.09. The Morgan fingerprint density at radius 1 is 1.13 bits per heavy atom. The Morgan fingerprint density at radius 3 is 2.47 bits per heavy atom. The second-order valence-electron chi connectivity index (χ2n) is 3.36. The van der Waals surface area contributed by atoms with Crippen LogP contribution in [0, 0.1) is 0 Å². The third-order valence-corrected chi connectivity index (χ3v) is 2.30. The van der Waals surface area contributed by atoms with Gasteiger partial charge in [0.2, 0.25) is 0 Å². The van der Waals surface area contributed by atoms with Gasteiger partial charge in [-0.15, -0.1) is 0 Å². The van der Waals surface area contributed by atoms with Crippen molar-refractivity contribution in [3.05, 3.63) is 42.1 Å². The quantitative estimate of drug-likeness (QED) is 0.807. The molecule has 3 heteroatoms. The highest BCUT2D eigenvalue weighted by Crippen LogP contribution is 2.16. The highest BCUT2D eigenvalue weighted by Gasteiger charge is 2.00. The van der Waals surface area contributed by atoms with Crippen LogP contribution in [0.4, 0.5) is 5.82 Å². The van der Waals surface area contributed by atoms with Gasteiger partial charge in [0, 0.05) is 11.8 Å². The second-order valence-corrected chi connectivity index (χ2v) is 3.36. The van der Waals surface area contributed by atoms with Crippen molar-refractivity contribution in [1.82, 2.24) is 9.97 Å². The number of hydrogen-bond acceptors (Lipinski definition) is 3. The van der Waals surface area contributed by atoms with Crippen LogP contribution in [-0.2, 0) is 6.42 Å². The number of aromatic nitrogens is 2. The van der Waals surface area contributed by atoms with Crippen molar-refractivity contribution in [2.24, 2.45) is 0 Å². The number of aryl methyl sites for hydroxylation is 1. The summed E-state index contributed by atoms with van der Waals surface area (Å²) >= 11 is 0. The Bertz CT molecular complexity index is 449. The van der Waals surface area contributed by atoms with Gasteiger partial charge in [-0.25, -0.2) is 9.97 Å². The number of nitrogens with zero attached hydrogens (tertiary/aromatic N) is 2. The van der Waals surface area contributed by atoms with Gasteiger partial charge < -0.3 is 5.73 Å². The highest BCUT2D eigenvalue weighted by molar-refractivity contribution is 5.56. The van der Waals surface area contributed by atoms with Gasteiger partial charge in [-0.1, -0.05) is 31.2 Å². The van der Waals surface area contributed by atoms with Crippen LogP contribution in [0.15, 0.2) is 36.5 Å². The van der Waals surface area contributed by atoms with E-state index in [1.807, 2.05) is 12.1 Å². The molecule has 1 heterocycles. The van der Waals surface area contributed by atoms with Crippen molar-refractivity contribution >= 4 is 5.82 Å². The molecule has 0 radical (unpaired) electrons. The van der Waals surface area contributed by atoms with E-state index in [0.29, 0.717) is 11.6 Å². The van der Waals surface area contributed by atoms with Gasteiger partial charge in [0.1, 0.15) is 5.82 Å². The molecule has 2 rings (SSSR count). The highest BCUT2D eigenvalue weighted by atomic mass is 14.9. The molecule has 0 saturated heterocycles. The van der Waals surface area contributed by atoms with Crippen molar-refractivity contribution in [2.75, 3.05) is 5.73 Å². The van der Waals surface area contributed by atoms with E-state index >= 15 is 0 Å². The molecule has 3 nitrogen and oxygen atoms in total. The molecule has 0 aliphatic carbocycles. The first-order valence-corrected chi connectivity index (χ1v) is 4.97. The normalized spacial score (nSPS) is 10.2. The Labute approximate surface area is 89.0 Å². The number of nitrogens with two attached hydrogens (primary N) is 1. The minimum atomic E-state index is 0.500. The summed E-state index contributed by atoms with van der Waals surface area (Å²) in [7, 11) is 0. The van der Waals surface area contributed by atoms with Crippen molar-refractivity contribution in [3.63, 3.8) is 0 Å². The van der Waals surface area contributed by atoms with E-state index in [1.165, 1.54) is 5.56 Å². The number of hydrogen-bond donors (Lipinski definition) is 1. The fraction of sp³-hybridized carbons (Fsp3) is 0.167. The van der Waals surface area contributed by atoms with Crippen LogP contribution in [0.3, 0.4) is 0 Å². The van der Waals surface area contributed by atoms with E-state index in [-0.39, 0.29) is 0 Å². The van der Waals surface area contributed by atoms with Gasteiger partial charge in [0.25, 0.3) is 0 Å². The molecule has 1 aromatic carbocycles. The molecule has 76 valence electrons. The van der Waals surface area contributed by atoms with E-state index in [9.17, 15) is 0 Å². The van der Waals surface area contributed by atoms with Crippen molar-refractivity contribution in [2.45, 2.75) is 13.3 Å². The number of anilines is 1. The molecular formula is C12H13N3. The summed E-state index contributed by atoms with van der Waals surface area (Å²) in [6.45, 7) is 2.13.